The number of rotatable bonds is 6. The van der Waals surface area contributed by atoms with Crippen LogP contribution >= 0.6 is 23.4 Å². The molecular formula is C24H18ClNO4S. The van der Waals surface area contributed by atoms with E-state index in [2.05, 4.69) is 0 Å². The van der Waals surface area contributed by atoms with Crippen LogP contribution in [0, 0.1) is 0 Å². The van der Waals surface area contributed by atoms with E-state index in [1.54, 1.807) is 49.6 Å². The molecule has 0 N–H and O–H groups in total. The molecule has 2 amide bonds. The lowest BCUT2D eigenvalue weighted by Crippen LogP contribution is -2.27. The van der Waals surface area contributed by atoms with Crippen molar-refractivity contribution >= 4 is 46.3 Å². The second-order valence-electron chi connectivity index (χ2n) is 6.68. The van der Waals surface area contributed by atoms with Crippen LogP contribution in [0.25, 0.3) is 6.08 Å². The highest BCUT2D eigenvalue weighted by atomic mass is 35.5. The number of para-hydroxylation sites is 1. The third kappa shape index (κ3) is 4.76. The summed E-state index contributed by atoms with van der Waals surface area (Å²) >= 11 is 6.82. The third-order valence-electron chi connectivity index (χ3n) is 4.60. The van der Waals surface area contributed by atoms with Crippen molar-refractivity contribution in [1.82, 2.24) is 0 Å². The molecule has 1 fully saturated rings. The molecule has 0 spiro atoms. The minimum absolute atomic E-state index is 0.322. The van der Waals surface area contributed by atoms with E-state index in [-0.39, 0.29) is 11.1 Å². The summed E-state index contributed by atoms with van der Waals surface area (Å²) in [7, 11) is 1.55. The van der Waals surface area contributed by atoms with Gasteiger partial charge in [0.05, 0.1) is 17.7 Å². The van der Waals surface area contributed by atoms with Gasteiger partial charge >= 0.3 is 0 Å². The molecule has 0 aromatic heterocycles. The zero-order chi connectivity index (χ0) is 21.8. The molecule has 3 aromatic carbocycles. The fourth-order valence-electron chi connectivity index (χ4n) is 3.05. The lowest BCUT2D eigenvalue weighted by Gasteiger charge is -2.12. The molecule has 0 atom stereocenters. The van der Waals surface area contributed by atoms with Crippen LogP contribution in [-0.4, -0.2) is 18.3 Å². The normalized spacial score (nSPS) is 14.9. The monoisotopic (exact) mass is 451 g/mol. The predicted octanol–water partition coefficient (Wildman–Crippen LogP) is 6.17. The molecule has 1 heterocycles. The van der Waals surface area contributed by atoms with Crippen LogP contribution in [0.3, 0.4) is 0 Å². The van der Waals surface area contributed by atoms with Crippen LogP contribution < -0.4 is 14.4 Å². The molecule has 3 aromatic rings. The Morgan fingerprint density at radius 3 is 2.42 bits per heavy atom. The van der Waals surface area contributed by atoms with Gasteiger partial charge in [-0.2, -0.15) is 0 Å². The molecule has 5 nitrogen and oxygen atoms in total. The number of hydrogen-bond acceptors (Lipinski definition) is 5. The summed E-state index contributed by atoms with van der Waals surface area (Å²) in [6, 6.07) is 21.6. The Hall–Kier alpha value is -3.22. The van der Waals surface area contributed by atoms with E-state index in [0.717, 1.165) is 22.9 Å². The quantitative estimate of drug-likeness (QED) is 0.419. The maximum atomic E-state index is 12.8. The van der Waals surface area contributed by atoms with Crippen molar-refractivity contribution in [2.45, 2.75) is 6.61 Å². The van der Waals surface area contributed by atoms with Gasteiger partial charge in [-0.15, -0.1) is 0 Å². The zero-order valence-electron chi connectivity index (χ0n) is 16.6. The van der Waals surface area contributed by atoms with Gasteiger partial charge in [-0.25, -0.2) is 4.90 Å². The second kappa shape index (κ2) is 9.29. The fraction of sp³-hybridized carbons (Fsp3) is 0.0833. The number of carbonyl (C=O) groups is 2. The Morgan fingerprint density at radius 1 is 0.968 bits per heavy atom. The number of imide groups is 1. The van der Waals surface area contributed by atoms with Crippen molar-refractivity contribution in [1.29, 1.82) is 0 Å². The van der Waals surface area contributed by atoms with Gasteiger partial charge in [-0.1, -0.05) is 48.0 Å². The molecule has 4 rings (SSSR count). The summed E-state index contributed by atoms with van der Waals surface area (Å²) < 4.78 is 11.3. The number of thioether (sulfide) groups is 1. The molecule has 0 bridgehead atoms. The summed E-state index contributed by atoms with van der Waals surface area (Å²) in [6.45, 7) is 0.364. The maximum Gasteiger partial charge on any atom is 0.298 e. The molecule has 0 unspecified atom stereocenters. The molecule has 156 valence electrons. The smallest absolute Gasteiger partial charge is 0.298 e. The van der Waals surface area contributed by atoms with Crippen molar-refractivity contribution < 1.29 is 19.1 Å². The van der Waals surface area contributed by atoms with Gasteiger partial charge in [0, 0.05) is 5.02 Å². The van der Waals surface area contributed by atoms with Crippen molar-refractivity contribution in [2.75, 3.05) is 12.0 Å². The molecule has 1 aliphatic heterocycles. The fourth-order valence-corrected chi connectivity index (χ4v) is 4.02. The number of amides is 2. The molecule has 0 radical (unpaired) electrons. The first-order valence-corrected chi connectivity index (χ1v) is 10.6. The lowest BCUT2D eigenvalue weighted by atomic mass is 10.1. The number of benzene rings is 3. The van der Waals surface area contributed by atoms with E-state index < -0.39 is 0 Å². The molecule has 31 heavy (non-hydrogen) atoms. The highest BCUT2D eigenvalue weighted by Gasteiger charge is 2.36. The van der Waals surface area contributed by atoms with E-state index in [4.69, 9.17) is 21.1 Å². The number of ether oxygens (including phenoxy) is 2. The highest BCUT2D eigenvalue weighted by molar-refractivity contribution is 8.19. The van der Waals surface area contributed by atoms with Gasteiger partial charge in [0.1, 0.15) is 6.61 Å². The van der Waals surface area contributed by atoms with Crippen molar-refractivity contribution in [3.8, 4) is 11.5 Å². The number of nitrogens with zero attached hydrogens (tertiary/aromatic N) is 1. The van der Waals surface area contributed by atoms with Gasteiger partial charge in [-0.3, -0.25) is 9.59 Å². The summed E-state index contributed by atoms with van der Waals surface area (Å²) in [5.74, 6) is 0.764. The van der Waals surface area contributed by atoms with Crippen molar-refractivity contribution in [3.63, 3.8) is 0 Å². The van der Waals surface area contributed by atoms with Gasteiger partial charge in [0.15, 0.2) is 11.5 Å². The van der Waals surface area contributed by atoms with Crippen LogP contribution in [0.4, 0.5) is 10.5 Å². The molecule has 1 aliphatic rings. The van der Waals surface area contributed by atoms with Crippen LogP contribution in [0.5, 0.6) is 11.5 Å². The largest absolute Gasteiger partial charge is 0.493 e. The average Bonchev–Trinajstić information content (AvgIpc) is 3.07. The Bertz CT molecular complexity index is 1150. The van der Waals surface area contributed by atoms with Crippen LogP contribution in [0.1, 0.15) is 11.1 Å². The molecule has 1 saturated heterocycles. The second-order valence-corrected chi connectivity index (χ2v) is 8.11. The van der Waals surface area contributed by atoms with E-state index in [1.165, 1.54) is 4.90 Å². The van der Waals surface area contributed by atoms with Crippen LogP contribution in [-0.2, 0) is 11.4 Å². The van der Waals surface area contributed by atoms with Gasteiger partial charge in [0.25, 0.3) is 11.1 Å². The van der Waals surface area contributed by atoms with E-state index in [0.29, 0.717) is 33.7 Å². The third-order valence-corrected chi connectivity index (χ3v) is 5.72. The summed E-state index contributed by atoms with van der Waals surface area (Å²) in [5, 5.41) is 0.347. The van der Waals surface area contributed by atoms with E-state index in [9.17, 15) is 9.59 Å². The Kier molecular flexibility index (Phi) is 6.30. The Balaban J connectivity index is 1.52. The minimum Gasteiger partial charge on any atom is -0.493 e. The Labute approximate surface area is 189 Å². The number of anilines is 1. The Morgan fingerprint density at radius 2 is 1.71 bits per heavy atom. The SMILES string of the molecule is COc1cc(C=C2SC(=O)N(c3ccccc3)C2=O)ccc1OCc1ccc(Cl)cc1. The molecule has 7 heteroatoms. The topological polar surface area (TPSA) is 55.8 Å². The summed E-state index contributed by atoms with van der Waals surface area (Å²) in [4.78, 5) is 26.7. The van der Waals surface area contributed by atoms with Crippen molar-refractivity contribution in [2.24, 2.45) is 0 Å². The lowest BCUT2D eigenvalue weighted by molar-refractivity contribution is -0.113. The first kappa shape index (κ1) is 21.0. The molecular weight excluding hydrogens is 434 g/mol. The van der Waals surface area contributed by atoms with E-state index in [1.807, 2.05) is 36.4 Å². The van der Waals surface area contributed by atoms with Crippen LogP contribution in [0.15, 0.2) is 77.7 Å². The van der Waals surface area contributed by atoms with Gasteiger partial charge < -0.3 is 9.47 Å². The maximum absolute atomic E-state index is 12.8. The van der Waals surface area contributed by atoms with Gasteiger partial charge in [-0.05, 0) is 65.4 Å². The molecule has 0 aliphatic carbocycles. The molecule has 0 saturated carbocycles. The summed E-state index contributed by atoms with van der Waals surface area (Å²) in [5.41, 5.74) is 2.26. The highest BCUT2D eigenvalue weighted by Crippen LogP contribution is 2.37. The number of halogens is 1. The van der Waals surface area contributed by atoms with Crippen molar-refractivity contribution in [3.05, 3.63) is 93.9 Å². The standard InChI is InChI=1S/C24H18ClNO4S/c1-29-21-13-17(9-12-20(21)30-15-16-7-10-18(25)11-8-16)14-22-23(27)26(24(28)31-22)19-5-3-2-4-6-19/h2-14H,15H2,1H3. The minimum atomic E-state index is -0.344. The first-order chi connectivity index (χ1) is 15.0. The first-order valence-electron chi connectivity index (χ1n) is 9.43. The van der Waals surface area contributed by atoms with Gasteiger partial charge in [0.2, 0.25) is 0 Å². The van der Waals surface area contributed by atoms with Crippen LogP contribution in [0.2, 0.25) is 5.02 Å². The summed E-state index contributed by atoms with van der Waals surface area (Å²) in [6.07, 6.45) is 1.68. The number of carbonyl (C=O) groups excluding carboxylic acids is 2. The predicted molar refractivity (Wildman–Crippen MR) is 124 cm³/mol. The van der Waals surface area contributed by atoms with E-state index >= 15 is 0 Å². The number of methoxy groups -OCH3 is 1. The number of hydrogen-bond donors (Lipinski definition) is 0. The zero-order valence-corrected chi connectivity index (χ0v) is 18.2. The average molecular weight is 452 g/mol.